The van der Waals surface area contributed by atoms with Crippen LogP contribution in [0.2, 0.25) is 0 Å². The topological polar surface area (TPSA) is 97.0 Å². The van der Waals surface area contributed by atoms with Crippen LogP contribution in [0.4, 0.5) is 9.59 Å². The predicted octanol–water partition coefficient (Wildman–Crippen LogP) is 4.68. The van der Waals surface area contributed by atoms with E-state index in [1.807, 2.05) is 20.8 Å². The lowest BCUT2D eigenvalue weighted by Gasteiger charge is -2.42. The van der Waals surface area contributed by atoms with Crippen molar-refractivity contribution >= 4 is 35.1 Å². The van der Waals surface area contributed by atoms with Crippen molar-refractivity contribution in [2.24, 2.45) is 0 Å². The van der Waals surface area contributed by atoms with Gasteiger partial charge in [0, 0.05) is 23.7 Å². The summed E-state index contributed by atoms with van der Waals surface area (Å²) in [6, 6.07) is 5.37. The second-order valence-corrected chi connectivity index (χ2v) is 11.0. The van der Waals surface area contributed by atoms with Crippen molar-refractivity contribution in [2.75, 3.05) is 13.1 Å². The summed E-state index contributed by atoms with van der Waals surface area (Å²) in [5.41, 5.74) is 0.0701. The number of ether oxygens (including phenoxy) is 2. The fraction of sp³-hybridized carbons (Fsp3) is 0.560. The van der Waals surface area contributed by atoms with E-state index in [0.29, 0.717) is 17.9 Å². The molecule has 184 valence electrons. The molecule has 0 spiro atoms. The average Bonchev–Trinajstić information content (AvgIpc) is 3.39. The molecule has 0 aromatic heterocycles. The van der Waals surface area contributed by atoms with Crippen LogP contribution in [0.15, 0.2) is 23.1 Å². The normalized spacial score (nSPS) is 22.7. The van der Waals surface area contributed by atoms with Gasteiger partial charge in [0.05, 0.1) is 11.0 Å². The van der Waals surface area contributed by atoms with E-state index in [1.54, 1.807) is 29.2 Å². The van der Waals surface area contributed by atoms with E-state index in [2.05, 4.69) is 10.6 Å². The average molecular weight is 488 g/mol. The number of carbonyl (C=O) groups excluding carboxylic acids is 3. The maximum atomic E-state index is 13.6. The highest BCUT2D eigenvalue weighted by atomic mass is 32.2. The van der Waals surface area contributed by atoms with Gasteiger partial charge in [-0.1, -0.05) is 12.1 Å². The van der Waals surface area contributed by atoms with Crippen molar-refractivity contribution in [1.29, 1.82) is 0 Å². The van der Waals surface area contributed by atoms with E-state index in [4.69, 9.17) is 9.47 Å². The lowest BCUT2D eigenvalue weighted by molar-refractivity contribution is -0.115. The third-order valence-corrected chi connectivity index (χ3v) is 7.09. The molecule has 2 N–H and O–H groups in total. The first-order valence-corrected chi connectivity index (χ1v) is 12.8. The number of nitrogens with one attached hydrogen (secondary N) is 2. The molecule has 0 radical (unpaired) electrons. The number of imide groups is 1. The van der Waals surface area contributed by atoms with Gasteiger partial charge >= 0.3 is 6.09 Å². The molecular weight excluding hydrogens is 454 g/mol. The Kier molecular flexibility index (Phi) is 7.52. The monoisotopic (exact) mass is 487 g/mol. The molecule has 3 amide bonds. The molecule has 1 saturated carbocycles. The van der Waals surface area contributed by atoms with Gasteiger partial charge in [0.2, 0.25) is 0 Å². The van der Waals surface area contributed by atoms with Crippen molar-refractivity contribution in [3.8, 4) is 11.5 Å². The number of carbonyl (C=O) groups is 3. The molecule has 2 aliphatic heterocycles. The molecular formula is C25H33N3O5S. The van der Waals surface area contributed by atoms with Crippen LogP contribution in [0, 0.1) is 0 Å². The first kappa shape index (κ1) is 24.6. The number of amides is 3. The molecule has 3 fully saturated rings. The number of para-hydroxylation sites is 1. The van der Waals surface area contributed by atoms with Crippen molar-refractivity contribution < 1.29 is 23.9 Å². The van der Waals surface area contributed by atoms with Gasteiger partial charge in [0.25, 0.3) is 11.1 Å². The first-order chi connectivity index (χ1) is 16.2. The fourth-order valence-electron chi connectivity index (χ4n) is 4.76. The minimum atomic E-state index is -0.459. The van der Waals surface area contributed by atoms with E-state index >= 15 is 0 Å². The van der Waals surface area contributed by atoms with Gasteiger partial charge in [0.15, 0.2) is 11.5 Å². The summed E-state index contributed by atoms with van der Waals surface area (Å²) in [5.74, 6) is 0.289. The SMILES string of the molecule is CC(C)(C)N(C(=O)Oc1c(C=C2SC(=O)NC2=O)cccc1OC1CCCC1)C1CCCNC1. The molecule has 34 heavy (non-hydrogen) atoms. The van der Waals surface area contributed by atoms with Crippen LogP contribution in [0.5, 0.6) is 11.5 Å². The van der Waals surface area contributed by atoms with E-state index < -0.39 is 22.8 Å². The third kappa shape index (κ3) is 5.75. The van der Waals surface area contributed by atoms with Gasteiger partial charge in [-0.15, -0.1) is 0 Å². The summed E-state index contributed by atoms with van der Waals surface area (Å²) in [4.78, 5) is 39.5. The van der Waals surface area contributed by atoms with Crippen molar-refractivity contribution in [2.45, 2.75) is 77.0 Å². The molecule has 2 saturated heterocycles. The van der Waals surface area contributed by atoms with E-state index in [9.17, 15) is 14.4 Å². The number of nitrogens with zero attached hydrogens (tertiary/aromatic N) is 1. The summed E-state index contributed by atoms with van der Waals surface area (Å²) in [7, 11) is 0. The maximum Gasteiger partial charge on any atom is 0.416 e. The zero-order valence-corrected chi connectivity index (χ0v) is 20.8. The largest absolute Gasteiger partial charge is 0.486 e. The minimum absolute atomic E-state index is 0.0137. The van der Waals surface area contributed by atoms with Crippen LogP contribution < -0.4 is 20.1 Å². The number of piperidine rings is 1. The Balaban J connectivity index is 1.68. The zero-order chi connectivity index (χ0) is 24.3. The summed E-state index contributed by atoms with van der Waals surface area (Å²) < 4.78 is 12.3. The summed E-state index contributed by atoms with van der Waals surface area (Å²) in [6.45, 7) is 7.65. The van der Waals surface area contributed by atoms with Gasteiger partial charge < -0.3 is 14.8 Å². The predicted molar refractivity (Wildman–Crippen MR) is 132 cm³/mol. The molecule has 1 aromatic rings. The van der Waals surface area contributed by atoms with Crippen LogP contribution >= 0.6 is 11.8 Å². The van der Waals surface area contributed by atoms with E-state index in [0.717, 1.165) is 56.8 Å². The van der Waals surface area contributed by atoms with Crippen LogP contribution in [0.3, 0.4) is 0 Å². The number of rotatable bonds is 5. The van der Waals surface area contributed by atoms with Gasteiger partial charge in [-0.05, 0) is 89.7 Å². The van der Waals surface area contributed by atoms with Gasteiger partial charge in [0.1, 0.15) is 0 Å². The van der Waals surface area contributed by atoms with Gasteiger partial charge in [-0.3, -0.25) is 19.8 Å². The van der Waals surface area contributed by atoms with Gasteiger partial charge in [-0.25, -0.2) is 4.79 Å². The molecule has 2 heterocycles. The lowest BCUT2D eigenvalue weighted by Crippen LogP contribution is -2.57. The van der Waals surface area contributed by atoms with Crippen LogP contribution in [0.25, 0.3) is 6.08 Å². The fourth-order valence-corrected chi connectivity index (χ4v) is 5.43. The van der Waals surface area contributed by atoms with Crippen molar-refractivity contribution in [3.63, 3.8) is 0 Å². The number of benzene rings is 1. The highest BCUT2D eigenvalue weighted by Crippen LogP contribution is 2.38. The molecule has 1 atom stereocenters. The zero-order valence-electron chi connectivity index (χ0n) is 20.0. The Morgan fingerprint density at radius 2 is 1.91 bits per heavy atom. The van der Waals surface area contributed by atoms with Crippen LogP contribution in [-0.4, -0.2) is 52.9 Å². The molecule has 9 heteroatoms. The lowest BCUT2D eigenvalue weighted by atomic mass is 9.99. The Morgan fingerprint density at radius 1 is 1.15 bits per heavy atom. The van der Waals surface area contributed by atoms with Crippen molar-refractivity contribution in [3.05, 3.63) is 28.7 Å². The second-order valence-electron chi connectivity index (χ2n) is 9.96. The quantitative estimate of drug-likeness (QED) is 0.582. The van der Waals surface area contributed by atoms with E-state index in [1.165, 1.54) is 0 Å². The van der Waals surface area contributed by atoms with Crippen LogP contribution in [0.1, 0.15) is 64.9 Å². The summed E-state index contributed by atoms with van der Waals surface area (Å²) in [5, 5.41) is 5.22. The Morgan fingerprint density at radius 3 is 2.53 bits per heavy atom. The van der Waals surface area contributed by atoms with Crippen LogP contribution in [-0.2, 0) is 4.79 Å². The van der Waals surface area contributed by atoms with E-state index in [-0.39, 0.29) is 22.8 Å². The molecule has 8 nitrogen and oxygen atoms in total. The highest BCUT2D eigenvalue weighted by Gasteiger charge is 2.36. The molecule has 1 unspecified atom stereocenters. The van der Waals surface area contributed by atoms with Crippen molar-refractivity contribution in [1.82, 2.24) is 15.5 Å². The Bertz CT molecular complexity index is 975. The summed E-state index contributed by atoms with van der Waals surface area (Å²) >= 11 is 0.830. The molecule has 4 rings (SSSR count). The first-order valence-electron chi connectivity index (χ1n) is 12.0. The summed E-state index contributed by atoms with van der Waals surface area (Å²) in [6.07, 6.45) is 7.19. The number of hydrogen-bond acceptors (Lipinski definition) is 7. The maximum absolute atomic E-state index is 13.6. The van der Waals surface area contributed by atoms with Gasteiger partial charge in [-0.2, -0.15) is 0 Å². The third-order valence-electron chi connectivity index (χ3n) is 6.28. The smallest absolute Gasteiger partial charge is 0.416 e. The Hall–Kier alpha value is -2.52. The Labute approximate surface area is 204 Å². The second kappa shape index (κ2) is 10.4. The number of hydrogen-bond donors (Lipinski definition) is 2. The molecule has 3 aliphatic rings. The highest BCUT2D eigenvalue weighted by molar-refractivity contribution is 8.18. The molecule has 1 aromatic carbocycles. The molecule has 0 bridgehead atoms. The molecule has 1 aliphatic carbocycles. The standard InChI is InChI=1S/C25H33N3O5S/c1-25(2,3)28(17-9-7-13-26-15-17)24(31)33-21-16(14-20-22(29)27-23(30)34-20)8-6-12-19(21)32-18-10-4-5-11-18/h6,8,12,14,17-18,26H,4-5,7,9-11,13,15H2,1-3H3,(H,27,29,30). The number of thioether (sulfide) groups is 1. The minimum Gasteiger partial charge on any atom is -0.486 e.